The van der Waals surface area contributed by atoms with E-state index in [0.29, 0.717) is 144 Å². The van der Waals surface area contributed by atoms with Crippen molar-refractivity contribution in [2.75, 3.05) is 159 Å². The monoisotopic (exact) mass is 729 g/mol. The minimum Gasteiger partial charge on any atom is -0.460 e. The number of amides is 2. The Morgan fingerprint density at radius 2 is 0.667 bits per heavy atom. The van der Waals surface area contributed by atoms with Crippen LogP contribution in [0.15, 0.2) is 42.5 Å². The maximum atomic E-state index is 11.8. The number of rotatable bonds is 37. The topological polar surface area (TPSA) is 165 Å². The highest BCUT2D eigenvalue weighted by Crippen LogP contribution is 2.03. The van der Waals surface area contributed by atoms with Gasteiger partial charge in [0.2, 0.25) is 0 Å². The summed E-state index contributed by atoms with van der Waals surface area (Å²) < 4.78 is 65.0. The summed E-state index contributed by atoms with van der Waals surface area (Å²) in [6, 6.07) is 8.83. The first-order valence-corrected chi connectivity index (χ1v) is 17.3. The van der Waals surface area contributed by atoms with Crippen molar-refractivity contribution in [1.29, 1.82) is 0 Å². The molecule has 0 saturated carbocycles. The third-order valence-electron chi connectivity index (χ3n) is 6.55. The lowest BCUT2D eigenvalue weighted by Gasteiger charge is -2.13. The molecule has 0 N–H and O–H groups in total. The second-order valence-electron chi connectivity index (χ2n) is 10.4. The standard InChI is InChI=1S/C35H55NO15/c37-33-6-7-34(38)36(33)8-9-40-10-11-41-12-13-42-14-15-43-16-17-44-18-19-45-20-21-46-22-23-47-24-25-48-26-27-49-28-29-50-30-31-51-35(39)32-4-2-1-3-5-32/h1-7H,8-31H2. The van der Waals surface area contributed by atoms with Crippen molar-refractivity contribution in [3.8, 4) is 0 Å². The first-order valence-electron chi connectivity index (χ1n) is 17.3. The smallest absolute Gasteiger partial charge is 0.338 e. The summed E-state index contributed by atoms with van der Waals surface area (Å²) in [5.41, 5.74) is 0.519. The number of nitrogens with zero attached hydrogens (tertiary/aromatic N) is 1. The molecule has 1 aromatic carbocycles. The van der Waals surface area contributed by atoms with Crippen molar-refractivity contribution in [3.63, 3.8) is 0 Å². The molecule has 0 saturated heterocycles. The normalized spacial score (nSPS) is 12.7. The molecule has 0 atom stereocenters. The largest absolute Gasteiger partial charge is 0.460 e. The zero-order valence-corrected chi connectivity index (χ0v) is 29.6. The number of carbonyl (C=O) groups excluding carboxylic acids is 3. The van der Waals surface area contributed by atoms with Gasteiger partial charge in [-0.05, 0) is 12.1 Å². The third kappa shape index (κ3) is 25.7. The van der Waals surface area contributed by atoms with E-state index in [0.717, 1.165) is 4.90 Å². The maximum Gasteiger partial charge on any atom is 0.338 e. The Morgan fingerprint density at radius 1 is 0.392 bits per heavy atom. The molecule has 0 aromatic heterocycles. The molecule has 0 spiro atoms. The molecule has 1 aliphatic heterocycles. The molecule has 16 nitrogen and oxygen atoms in total. The molecular formula is C35H55NO15. The van der Waals surface area contributed by atoms with E-state index in [-0.39, 0.29) is 37.5 Å². The fraction of sp³-hybridized carbons (Fsp3) is 0.686. The molecule has 1 aliphatic rings. The van der Waals surface area contributed by atoms with E-state index >= 15 is 0 Å². The van der Waals surface area contributed by atoms with Crippen molar-refractivity contribution >= 4 is 17.8 Å². The van der Waals surface area contributed by atoms with Gasteiger partial charge in [-0.2, -0.15) is 0 Å². The summed E-state index contributed by atoms with van der Waals surface area (Å²) in [6.07, 6.45) is 2.50. The van der Waals surface area contributed by atoms with E-state index in [1.807, 2.05) is 6.07 Å². The lowest BCUT2D eigenvalue weighted by molar-refractivity contribution is -0.137. The zero-order chi connectivity index (χ0) is 36.3. The first kappa shape index (κ1) is 44.3. The maximum absolute atomic E-state index is 11.8. The van der Waals surface area contributed by atoms with E-state index < -0.39 is 0 Å². The van der Waals surface area contributed by atoms with Crippen LogP contribution in [0.5, 0.6) is 0 Å². The summed E-state index contributed by atoms with van der Waals surface area (Å²) in [7, 11) is 0. The quantitative estimate of drug-likeness (QED) is 0.0540. The van der Waals surface area contributed by atoms with Gasteiger partial charge in [0, 0.05) is 12.2 Å². The Balaban J connectivity index is 1.14. The number of ether oxygens (including phenoxy) is 12. The highest BCUT2D eigenvalue weighted by Gasteiger charge is 2.22. The van der Waals surface area contributed by atoms with Crippen LogP contribution >= 0.6 is 0 Å². The van der Waals surface area contributed by atoms with Crippen LogP contribution in [0.25, 0.3) is 0 Å². The Kier molecular flexibility index (Phi) is 28.7. The second-order valence-corrected chi connectivity index (χ2v) is 10.4. The molecule has 1 heterocycles. The SMILES string of the molecule is O=C(OCCOCCOCCOCCOCCOCCOCCOCCOCCOCCOCCOCCN1C(=O)C=CC1=O)c1ccccc1. The van der Waals surface area contributed by atoms with Crippen LogP contribution in [-0.4, -0.2) is 181 Å². The van der Waals surface area contributed by atoms with Crippen LogP contribution in [0.3, 0.4) is 0 Å². The number of esters is 1. The van der Waals surface area contributed by atoms with E-state index in [4.69, 9.17) is 56.8 Å². The van der Waals surface area contributed by atoms with Crippen molar-refractivity contribution in [2.24, 2.45) is 0 Å². The lowest BCUT2D eigenvalue weighted by Crippen LogP contribution is -2.33. The summed E-state index contributed by atoms with van der Waals surface area (Å²) >= 11 is 0. The van der Waals surface area contributed by atoms with Crippen LogP contribution in [0, 0.1) is 0 Å². The molecule has 0 aliphatic carbocycles. The van der Waals surface area contributed by atoms with Crippen molar-refractivity contribution < 1.29 is 71.2 Å². The summed E-state index contributed by atoms with van der Waals surface area (Å²) in [6.45, 7) is 10.1. The number of carbonyl (C=O) groups is 3. The van der Waals surface area contributed by atoms with Crippen LogP contribution in [0.2, 0.25) is 0 Å². The Bertz CT molecular complexity index is 1010. The average molecular weight is 730 g/mol. The van der Waals surface area contributed by atoms with Gasteiger partial charge < -0.3 is 56.8 Å². The molecule has 0 bridgehead atoms. The minimum atomic E-state index is -0.363. The molecule has 0 unspecified atom stereocenters. The summed E-state index contributed by atoms with van der Waals surface area (Å²) in [5.74, 6) is -0.984. The van der Waals surface area contributed by atoms with Gasteiger partial charge in [0.1, 0.15) is 6.61 Å². The molecular weight excluding hydrogens is 674 g/mol. The van der Waals surface area contributed by atoms with Crippen LogP contribution < -0.4 is 0 Å². The van der Waals surface area contributed by atoms with Gasteiger partial charge in [-0.15, -0.1) is 0 Å². The molecule has 0 radical (unpaired) electrons. The Hall–Kier alpha value is -2.87. The highest BCUT2D eigenvalue weighted by atomic mass is 16.6. The van der Waals surface area contributed by atoms with E-state index in [2.05, 4.69) is 0 Å². The molecule has 0 fully saturated rings. The van der Waals surface area contributed by atoms with Crippen LogP contribution in [-0.2, 0) is 66.4 Å². The minimum absolute atomic E-state index is 0.194. The number of benzene rings is 1. The van der Waals surface area contributed by atoms with Gasteiger partial charge in [0.15, 0.2) is 0 Å². The molecule has 1 aromatic rings. The summed E-state index contributed by atoms with van der Waals surface area (Å²) in [5, 5.41) is 0. The van der Waals surface area contributed by atoms with Crippen molar-refractivity contribution in [3.05, 3.63) is 48.0 Å². The van der Waals surface area contributed by atoms with Crippen molar-refractivity contribution in [2.45, 2.75) is 0 Å². The van der Waals surface area contributed by atoms with Gasteiger partial charge in [0.05, 0.1) is 157 Å². The van der Waals surface area contributed by atoms with Gasteiger partial charge in [-0.25, -0.2) is 4.79 Å². The Morgan fingerprint density at radius 3 is 0.980 bits per heavy atom. The first-order chi connectivity index (χ1) is 25.2. The predicted molar refractivity (Wildman–Crippen MR) is 182 cm³/mol. The van der Waals surface area contributed by atoms with Gasteiger partial charge >= 0.3 is 5.97 Å². The number of imide groups is 1. The van der Waals surface area contributed by atoms with Crippen molar-refractivity contribution in [1.82, 2.24) is 4.90 Å². The molecule has 2 rings (SSSR count). The predicted octanol–water partition coefficient (Wildman–Crippen LogP) is 0.951. The Labute approximate surface area is 300 Å². The third-order valence-corrected chi connectivity index (χ3v) is 6.55. The zero-order valence-electron chi connectivity index (χ0n) is 29.6. The number of hydrogen-bond acceptors (Lipinski definition) is 15. The molecule has 290 valence electrons. The van der Waals surface area contributed by atoms with Crippen LogP contribution in [0.1, 0.15) is 10.4 Å². The lowest BCUT2D eigenvalue weighted by atomic mass is 10.2. The number of hydrogen-bond donors (Lipinski definition) is 0. The fourth-order valence-corrected chi connectivity index (χ4v) is 3.96. The van der Waals surface area contributed by atoms with Gasteiger partial charge in [-0.1, -0.05) is 18.2 Å². The van der Waals surface area contributed by atoms with Gasteiger partial charge in [-0.3, -0.25) is 14.5 Å². The second kappa shape index (κ2) is 33.0. The molecule has 16 heteroatoms. The van der Waals surface area contributed by atoms with E-state index in [1.165, 1.54) is 12.2 Å². The van der Waals surface area contributed by atoms with E-state index in [1.54, 1.807) is 24.3 Å². The van der Waals surface area contributed by atoms with Gasteiger partial charge in [0.25, 0.3) is 11.8 Å². The average Bonchev–Trinajstić information content (AvgIpc) is 3.47. The highest BCUT2D eigenvalue weighted by molar-refractivity contribution is 6.12. The van der Waals surface area contributed by atoms with Crippen LogP contribution in [0.4, 0.5) is 0 Å². The molecule has 2 amide bonds. The fourth-order valence-electron chi connectivity index (χ4n) is 3.96. The summed E-state index contributed by atoms with van der Waals surface area (Å²) in [4.78, 5) is 35.7. The molecule has 51 heavy (non-hydrogen) atoms. The van der Waals surface area contributed by atoms with E-state index in [9.17, 15) is 14.4 Å².